The van der Waals surface area contributed by atoms with Gasteiger partial charge in [-0.15, -0.1) is 0 Å². The molecule has 2 rings (SSSR count). The van der Waals surface area contributed by atoms with Gasteiger partial charge >= 0.3 is 0 Å². The normalized spacial score (nSPS) is 17.0. The van der Waals surface area contributed by atoms with Gasteiger partial charge in [0.1, 0.15) is 16.6 Å². The van der Waals surface area contributed by atoms with Crippen LogP contribution in [0.2, 0.25) is 0 Å². The number of aromatic nitrogens is 2. The molecule has 98 valence electrons. The Morgan fingerprint density at radius 3 is 2.83 bits per heavy atom. The van der Waals surface area contributed by atoms with Crippen LogP contribution in [0.25, 0.3) is 0 Å². The number of aryl methyl sites for hydroxylation is 1. The molecule has 1 aliphatic carbocycles. The third-order valence-corrected chi connectivity index (χ3v) is 3.67. The summed E-state index contributed by atoms with van der Waals surface area (Å²) in [5.74, 6) is 1.39. The zero-order valence-corrected chi connectivity index (χ0v) is 11.5. The maximum atomic E-state index is 5.66. The molecule has 1 fully saturated rings. The lowest BCUT2D eigenvalue weighted by Gasteiger charge is -2.40. The lowest BCUT2D eigenvalue weighted by Crippen LogP contribution is -2.45. The van der Waals surface area contributed by atoms with Crippen molar-refractivity contribution in [3.05, 3.63) is 17.6 Å². The molecule has 1 aliphatic rings. The van der Waals surface area contributed by atoms with Crippen molar-refractivity contribution >= 4 is 23.0 Å². The Hall–Kier alpha value is -1.27. The number of thiocarbonyl (C=S) groups is 1. The topological polar surface area (TPSA) is 73.1 Å². The molecule has 1 aromatic heterocycles. The summed E-state index contributed by atoms with van der Waals surface area (Å²) in [6.45, 7) is 2.56. The zero-order chi connectivity index (χ0) is 13.2. The van der Waals surface area contributed by atoms with Gasteiger partial charge in [0.2, 0.25) is 0 Å². The van der Waals surface area contributed by atoms with E-state index in [1.54, 1.807) is 13.3 Å². The molecule has 0 amide bonds. The van der Waals surface area contributed by atoms with Crippen LogP contribution in [0.3, 0.4) is 0 Å². The van der Waals surface area contributed by atoms with Gasteiger partial charge in [0.15, 0.2) is 0 Å². The largest absolute Gasteiger partial charge is 0.389 e. The standard InChI is InChI=1S/C12H18N4OS/c1-8-14-6-9(10(13)18)11(16-8)15-7-12(17-2)4-3-5-12/h6H,3-5,7H2,1-2H3,(H2,13,18)(H,14,15,16). The van der Waals surface area contributed by atoms with E-state index in [9.17, 15) is 0 Å². The number of nitrogens with zero attached hydrogens (tertiary/aromatic N) is 2. The van der Waals surface area contributed by atoms with Gasteiger partial charge in [-0.1, -0.05) is 12.2 Å². The van der Waals surface area contributed by atoms with Gasteiger partial charge in [-0.2, -0.15) is 0 Å². The zero-order valence-electron chi connectivity index (χ0n) is 10.7. The fourth-order valence-electron chi connectivity index (χ4n) is 2.05. The summed E-state index contributed by atoms with van der Waals surface area (Å²) in [6.07, 6.45) is 5.01. The monoisotopic (exact) mass is 266 g/mol. The van der Waals surface area contributed by atoms with E-state index in [2.05, 4.69) is 15.3 Å². The highest BCUT2D eigenvalue weighted by atomic mass is 32.1. The molecular weight excluding hydrogens is 248 g/mol. The van der Waals surface area contributed by atoms with Gasteiger partial charge in [0.25, 0.3) is 0 Å². The van der Waals surface area contributed by atoms with Gasteiger partial charge in [0, 0.05) is 19.9 Å². The predicted octanol–water partition coefficient (Wildman–Crippen LogP) is 1.40. The molecule has 0 atom stereocenters. The van der Waals surface area contributed by atoms with Crippen LogP contribution in [-0.2, 0) is 4.74 Å². The summed E-state index contributed by atoms with van der Waals surface area (Å²) in [4.78, 5) is 8.76. The number of anilines is 1. The summed E-state index contributed by atoms with van der Waals surface area (Å²) < 4.78 is 5.56. The molecule has 18 heavy (non-hydrogen) atoms. The molecule has 1 heterocycles. The summed E-state index contributed by atoms with van der Waals surface area (Å²) in [5, 5.41) is 3.29. The van der Waals surface area contributed by atoms with Gasteiger partial charge in [0.05, 0.1) is 11.2 Å². The fourth-order valence-corrected chi connectivity index (χ4v) is 2.20. The van der Waals surface area contributed by atoms with Crippen LogP contribution in [0, 0.1) is 6.92 Å². The number of methoxy groups -OCH3 is 1. The van der Waals surface area contributed by atoms with Crippen LogP contribution in [0.1, 0.15) is 30.7 Å². The molecule has 0 saturated heterocycles. The Bertz CT molecular complexity index is 454. The maximum Gasteiger partial charge on any atom is 0.140 e. The smallest absolute Gasteiger partial charge is 0.140 e. The second kappa shape index (κ2) is 5.16. The van der Waals surface area contributed by atoms with Crippen molar-refractivity contribution in [2.75, 3.05) is 19.0 Å². The van der Waals surface area contributed by atoms with Crippen molar-refractivity contribution in [1.29, 1.82) is 0 Å². The minimum absolute atomic E-state index is 0.0632. The first-order valence-corrected chi connectivity index (χ1v) is 6.40. The predicted molar refractivity (Wildman–Crippen MR) is 74.7 cm³/mol. The van der Waals surface area contributed by atoms with Gasteiger partial charge in [-0.3, -0.25) is 0 Å². The molecule has 0 aliphatic heterocycles. The third-order valence-electron chi connectivity index (χ3n) is 3.45. The van der Waals surface area contributed by atoms with E-state index >= 15 is 0 Å². The van der Waals surface area contributed by atoms with Crippen molar-refractivity contribution in [3.8, 4) is 0 Å². The number of hydrogen-bond acceptors (Lipinski definition) is 5. The van der Waals surface area contributed by atoms with E-state index in [-0.39, 0.29) is 5.60 Å². The highest BCUT2D eigenvalue weighted by Gasteiger charge is 2.36. The highest BCUT2D eigenvalue weighted by Crippen LogP contribution is 2.35. The molecule has 6 heteroatoms. The van der Waals surface area contributed by atoms with Crippen molar-refractivity contribution in [1.82, 2.24) is 9.97 Å². The van der Waals surface area contributed by atoms with Crippen LogP contribution < -0.4 is 11.1 Å². The molecule has 1 saturated carbocycles. The van der Waals surface area contributed by atoms with Crippen LogP contribution in [0.4, 0.5) is 5.82 Å². The van der Waals surface area contributed by atoms with Crippen LogP contribution >= 0.6 is 12.2 Å². The van der Waals surface area contributed by atoms with E-state index in [0.29, 0.717) is 22.2 Å². The fraction of sp³-hybridized carbons (Fsp3) is 0.583. The maximum absolute atomic E-state index is 5.66. The van der Waals surface area contributed by atoms with Crippen LogP contribution in [-0.4, -0.2) is 34.2 Å². The molecule has 0 aromatic carbocycles. The lowest BCUT2D eigenvalue weighted by atomic mass is 9.80. The molecule has 5 nitrogen and oxygen atoms in total. The van der Waals surface area contributed by atoms with Crippen molar-refractivity contribution in [3.63, 3.8) is 0 Å². The number of nitrogens with two attached hydrogens (primary N) is 1. The average Bonchev–Trinajstić information content (AvgIpc) is 2.28. The minimum Gasteiger partial charge on any atom is -0.389 e. The van der Waals surface area contributed by atoms with Gasteiger partial charge in [-0.25, -0.2) is 9.97 Å². The molecular formula is C12H18N4OS. The first-order chi connectivity index (χ1) is 8.56. The first-order valence-electron chi connectivity index (χ1n) is 5.99. The summed E-state index contributed by atoms with van der Waals surface area (Å²) in [7, 11) is 1.75. The van der Waals surface area contributed by atoms with Crippen LogP contribution in [0.15, 0.2) is 6.20 Å². The molecule has 0 bridgehead atoms. The average molecular weight is 266 g/mol. The van der Waals surface area contributed by atoms with E-state index in [4.69, 9.17) is 22.7 Å². The minimum atomic E-state index is -0.0632. The molecule has 0 spiro atoms. The van der Waals surface area contributed by atoms with E-state index in [1.165, 1.54) is 6.42 Å². The number of hydrogen-bond donors (Lipinski definition) is 2. The SMILES string of the molecule is COC1(CNc2nc(C)ncc2C(N)=S)CCC1. The van der Waals surface area contributed by atoms with Crippen molar-refractivity contribution in [2.45, 2.75) is 31.8 Å². The highest BCUT2D eigenvalue weighted by molar-refractivity contribution is 7.80. The molecule has 0 radical (unpaired) electrons. The number of ether oxygens (including phenoxy) is 1. The van der Waals surface area contributed by atoms with Crippen LogP contribution in [0.5, 0.6) is 0 Å². The molecule has 0 unspecified atom stereocenters. The Balaban J connectivity index is 2.12. The Kier molecular flexibility index (Phi) is 3.77. The second-order valence-electron chi connectivity index (χ2n) is 4.64. The van der Waals surface area contributed by atoms with Crippen molar-refractivity contribution in [2.24, 2.45) is 5.73 Å². The summed E-state index contributed by atoms with van der Waals surface area (Å²) >= 11 is 5.00. The molecule has 3 N–H and O–H groups in total. The van der Waals surface area contributed by atoms with Gasteiger partial charge in [-0.05, 0) is 26.2 Å². The summed E-state index contributed by atoms with van der Waals surface area (Å²) in [5.41, 5.74) is 6.28. The number of nitrogens with one attached hydrogen (secondary N) is 1. The Morgan fingerprint density at radius 2 is 2.33 bits per heavy atom. The molecule has 1 aromatic rings. The number of rotatable bonds is 5. The Morgan fingerprint density at radius 1 is 1.61 bits per heavy atom. The van der Waals surface area contributed by atoms with E-state index in [0.717, 1.165) is 19.4 Å². The van der Waals surface area contributed by atoms with E-state index < -0.39 is 0 Å². The lowest BCUT2D eigenvalue weighted by molar-refractivity contribution is -0.0601. The van der Waals surface area contributed by atoms with E-state index in [1.807, 2.05) is 6.92 Å². The van der Waals surface area contributed by atoms with Crippen molar-refractivity contribution < 1.29 is 4.74 Å². The first kappa shape index (κ1) is 13.2. The summed E-state index contributed by atoms with van der Waals surface area (Å²) in [6, 6.07) is 0. The third kappa shape index (κ3) is 2.59. The second-order valence-corrected chi connectivity index (χ2v) is 5.08. The van der Waals surface area contributed by atoms with Gasteiger partial charge < -0.3 is 15.8 Å². The quantitative estimate of drug-likeness (QED) is 0.785. The Labute approximate surface area is 112 Å².